The maximum Gasteiger partial charge on any atom is 0.270 e. The monoisotopic (exact) mass is 375 g/mol. The van der Waals surface area contributed by atoms with Crippen molar-refractivity contribution in [3.05, 3.63) is 71.4 Å². The molecule has 0 radical (unpaired) electrons. The molecule has 0 saturated carbocycles. The van der Waals surface area contributed by atoms with Crippen LogP contribution in [0.1, 0.15) is 11.1 Å². The Bertz CT molecular complexity index is 1140. The Hall–Kier alpha value is -3.25. The Morgan fingerprint density at radius 3 is 2.52 bits per heavy atom. The maximum atomic E-state index is 13.1. The molecule has 5 nitrogen and oxygen atoms in total. The van der Waals surface area contributed by atoms with Crippen LogP contribution in [-0.2, 0) is 16.6 Å². The number of anilines is 1. The number of aryl methyl sites for hydroxylation is 2. The van der Waals surface area contributed by atoms with Gasteiger partial charge in [0.25, 0.3) is 11.8 Å². The first-order chi connectivity index (χ1) is 13.0. The normalized spacial score (nSPS) is 16.3. The number of fused-ring (bicyclic) bond motifs is 1. The second-order valence-corrected chi connectivity index (χ2v) is 6.84. The number of rotatable bonds is 2. The molecular weight excluding hydrogens is 358 g/mol. The third-order valence-corrected chi connectivity index (χ3v) is 4.97. The summed E-state index contributed by atoms with van der Waals surface area (Å²) < 4.78 is 1.97. The average molecular weight is 375 g/mol. The molecule has 2 aromatic carbocycles. The van der Waals surface area contributed by atoms with Crippen LogP contribution in [-0.4, -0.2) is 21.5 Å². The predicted molar refractivity (Wildman–Crippen MR) is 110 cm³/mol. The molecule has 0 unspecified atom stereocenters. The summed E-state index contributed by atoms with van der Waals surface area (Å²) in [5.41, 5.74) is 3.46. The molecule has 1 aliphatic heterocycles. The molecule has 0 spiro atoms. The van der Waals surface area contributed by atoms with E-state index >= 15 is 0 Å². The van der Waals surface area contributed by atoms with Gasteiger partial charge in [0.2, 0.25) is 0 Å². The third kappa shape index (κ3) is 2.84. The highest BCUT2D eigenvalue weighted by Gasteiger charge is 2.35. The van der Waals surface area contributed by atoms with E-state index in [-0.39, 0.29) is 10.7 Å². The van der Waals surface area contributed by atoms with E-state index in [4.69, 9.17) is 12.2 Å². The molecular formula is C21H17N3O2S. The van der Waals surface area contributed by atoms with Gasteiger partial charge in [0.1, 0.15) is 5.57 Å². The summed E-state index contributed by atoms with van der Waals surface area (Å²) in [7, 11) is 1.93. The molecule has 0 aliphatic carbocycles. The van der Waals surface area contributed by atoms with Gasteiger partial charge in [-0.25, -0.2) is 0 Å². The molecule has 1 fully saturated rings. The number of nitrogens with zero attached hydrogens (tertiary/aromatic N) is 2. The van der Waals surface area contributed by atoms with Crippen LogP contribution in [0.2, 0.25) is 0 Å². The van der Waals surface area contributed by atoms with E-state index < -0.39 is 11.8 Å². The Morgan fingerprint density at radius 2 is 1.74 bits per heavy atom. The first-order valence-corrected chi connectivity index (χ1v) is 8.89. The molecule has 134 valence electrons. The van der Waals surface area contributed by atoms with Crippen LogP contribution in [0.15, 0.2) is 60.3 Å². The van der Waals surface area contributed by atoms with Gasteiger partial charge in [-0.05, 0) is 42.9 Å². The highest BCUT2D eigenvalue weighted by molar-refractivity contribution is 7.80. The van der Waals surface area contributed by atoms with Gasteiger partial charge in [-0.15, -0.1) is 0 Å². The molecule has 1 aromatic heterocycles. The van der Waals surface area contributed by atoms with Gasteiger partial charge in [-0.2, -0.15) is 0 Å². The van der Waals surface area contributed by atoms with Gasteiger partial charge in [0.15, 0.2) is 5.11 Å². The molecule has 4 rings (SSSR count). The molecule has 6 heteroatoms. The van der Waals surface area contributed by atoms with E-state index in [1.807, 2.05) is 73.3 Å². The van der Waals surface area contributed by atoms with Gasteiger partial charge in [0, 0.05) is 29.7 Å². The fourth-order valence-electron chi connectivity index (χ4n) is 3.33. The van der Waals surface area contributed by atoms with E-state index in [0.29, 0.717) is 5.69 Å². The Kier molecular flexibility index (Phi) is 4.12. The number of carbonyl (C=O) groups is 2. The molecule has 2 heterocycles. The van der Waals surface area contributed by atoms with Crippen molar-refractivity contribution in [1.82, 2.24) is 9.88 Å². The SMILES string of the molecule is Cc1ccccc1N1C(=O)C(=Cc2cn(C)c3ccccc23)C(=O)NC1=S. The quantitative estimate of drug-likeness (QED) is 0.425. The topological polar surface area (TPSA) is 54.3 Å². The number of carbonyl (C=O) groups excluding carboxylic acids is 2. The van der Waals surface area contributed by atoms with Crippen LogP contribution in [0.5, 0.6) is 0 Å². The fourth-order valence-corrected chi connectivity index (χ4v) is 3.61. The van der Waals surface area contributed by atoms with Crippen molar-refractivity contribution < 1.29 is 9.59 Å². The van der Waals surface area contributed by atoms with E-state index in [1.165, 1.54) is 4.90 Å². The lowest BCUT2D eigenvalue weighted by molar-refractivity contribution is -0.122. The van der Waals surface area contributed by atoms with Crippen molar-refractivity contribution in [3.63, 3.8) is 0 Å². The Labute approximate surface area is 161 Å². The molecule has 1 saturated heterocycles. The summed E-state index contributed by atoms with van der Waals surface area (Å²) in [5, 5.41) is 3.70. The van der Waals surface area contributed by atoms with E-state index in [2.05, 4.69) is 5.32 Å². The van der Waals surface area contributed by atoms with Crippen LogP contribution < -0.4 is 10.2 Å². The number of amides is 2. The second kappa shape index (κ2) is 6.48. The summed E-state index contributed by atoms with van der Waals surface area (Å²) >= 11 is 5.26. The largest absolute Gasteiger partial charge is 0.350 e. The smallest absolute Gasteiger partial charge is 0.270 e. The number of thiocarbonyl (C=S) groups is 1. The number of nitrogens with one attached hydrogen (secondary N) is 1. The minimum Gasteiger partial charge on any atom is -0.350 e. The lowest BCUT2D eigenvalue weighted by Gasteiger charge is -2.29. The maximum absolute atomic E-state index is 13.1. The third-order valence-electron chi connectivity index (χ3n) is 4.69. The number of para-hydroxylation sites is 2. The number of benzene rings is 2. The van der Waals surface area contributed by atoms with Crippen molar-refractivity contribution in [3.8, 4) is 0 Å². The molecule has 0 bridgehead atoms. The Morgan fingerprint density at radius 1 is 1.04 bits per heavy atom. The number of hydrogen-bond acceptors (Lipinski definition) is 3. The molecule has 2 amide bonds. The zero-order valence-corrected chi connectivity index (χ0v) is 15.7. The van der Waals surface area contributed by atoms with Crippen molar-refractivity contribution in [2.45, 2.75) is 6.92 Å². The van der Waals surface area contributed by atoms with Gasteiger partial charge in [-0.1, -0.05) is 36.4 Å². The van der Waals surface area contributed by atoms with Gasteiger partial charge >= 0.3 is 0 Å². The molecule has 27 heavy (non-hydrogen) atoms. The lowest BCUT2D eigenvalue weighted by Crippen LogP contribution is -2.54. The van der Waals surface area contributed by atoms with Crippen LogP contribution in [0.3, 0.4) is 0 Å². The predicted octanol–water partition coefficient (Wildman–Crippen LogP) is 3.32. The van der Waals surface area contributed by atoms with Crippen molar-refractivity contribution in [2.75, 3.05) is 4.90 Å². The van der Waals surface area contributed by atoms with Crippen LogP contribution >= 0.6 is 12.2 Å². The van der Waals surface area contributed by atoms with E-state index in [1.54, 1.807) is 6.08 Å². The summed E-state index contributed by atoms with van der Waals surface area (Å²) in [6.07, 6.45) is 3.54. The molecule has 1 N–H and O–H groups in total. The van der Waals surface area contributed by atoms with Gasteiger partial charge in [0.05, 0.1) is 5.69 Å². The highest BCUT2D eigenvalue weighted by atomic mass is 32.1. The van der Waals surface area contributed by atoms with Crippen molar-refractivity contribution in [2.24, 2.45) is 7.05 Å². The minimum absolute atomic E-state index is 0.0585. The lowest BCUT2D eigenvalue weighted by atomic mass is 10.1. The summed E-state index contributed by atoms with van der Waals surface area (Å²) in [4.78, 5) is 27.0. The van der Waals surface area contributed by atoms with Crippen LogP contribution in [0, 0.1) is 6.92 Å². The Balaban J connectivity index is 1.83. The molecule has 1 aliphatic rings. The van der Waals surface area contributed by atoms with Gasteiger partial charge in [-0.3, -0.25) is 19.8 Å². The second-order valence-electron chi connectivity index (χ2n) is 6.46. The highest BCUT2D eigenvalue weighted by Crippen LogP contribution is 2.27. The summed E-state index contributed by atoms with van der Waals surface area (Å²) in [6, 6.07) is 15.3. The van der Waals surface area contributed by atoms with E-state index in [0.717, 1.165) is 22.0 Å². The van der Waals surface area contributed by atoms with E-state index in [9.17, 15) is 9.59 Å². The van der Waals surface area contributed by atoms with Crippen molar-refractivity contribution >= 4 is 51.8 Å². The van der Waals surface area contributed by atoms with Crippen LogP contribution in [0.4, 0.5) is 5.69 Å². The van der Waals surface area contributed by atoms with Crippen LogP contribution in [0.25, 0.3) is 17.0 Å². The average Bonchev–Trinajstić information content (AvgIpc) is 2.96. The molecule has 0 atom stereocenters. The zero-order valence-electron chi connectivity index (χ0n) is 14.9. The zero-order chi connectivity index (χ0) is 19.1. The number of hydrogen-bond donors (Lipinski definition) is 1. The fraction of sp³-hybridized carbons (Fsp3) is 0.0952. The first kappa shape index (κ1) is 17.2. The molecule has 3 aromatic rings. The standard InChI is InChI=1S/C21H17N3O2S/c1-13-7-3-5-9-17(13)24-20(26)16(19(25)22-21(24)27)11-14-12-23(2)18-10-6-4-8-15(14)18/h3-12H,1-2H3,(H,22,25,27). The summed E-state index contributed by atoms with van der Waals surface area (Å²) in [5.74, 6) is -0.909. The van der Waals surface area contributed by atoms with Crippen molar-refractivity contribution in [1.29, 1.82) is 0 Å². The summed E-state index contributed by atoms with van der Waals surface area (Å²) in [6.45, 7) is 1.90. The van der Waals surface area contributed by atoms with Gasteiger partial charge < -0.3 is 4.57 Å². The number of aromatic nitrogens is 1. The first-order valence-electron chi connectivity index (χ1n) is 8.48. The minimum atomic E-state index is -0.484.